The highest BCUT2D eigenvalue weighted by Crippen LogP contribution is 2.42. The van der Waals surface area contributed by atoms with Gasteiger partial charge in [0.1, 0.15) is 11.2 Å². The average molecular weight is 638 g/mol. The summed E-state index contributed by atoms with van der Waals surface area (Å²) < 4.78 is 6.22. The summed E-state index contributed by atoms with van der Waals surface area (Å²) in [6.07, 6.45) is 0. The summed E-state index contributed by atoms with van der Waals surface area (Å²) in [7, 11) is 0. The fraction of sp³-hybridized carbons (Fsp3) is 0. The molecule has 50 heavy (non-hydrogen) atoms. The van der Waals surface area contributed by atoms with Crippen LogP contribution in [0.15, 0.2) is 192 Å². The van der Waals surface area contributed by atoms with E-state index in [1.807, 2.05) is 12.1 Å². The van der Waals surface area contributed by atoms with Crippen LogP contribution in [0.4, 0.5) is 17.1 Å². The van der Waals surface area contributed by atoms with Gasteiger partial charge in [0, 0.05) is 27.8 Å². The van der Waals surface area contributed by atoms with Gasteiger partial charge in [-0.1, -0.05) is 133 Å². The van der Waals surface area contributed by atoms with Crippen molar-refractivity contribution in [3.63, 3.8) is 0 Å². The first-order valence-corrected chi connectivity index (χ1v) is 17.1. The molecular formula is C48H31NO. The van der Waals surface area contributed by atoms with E-state index in [9.17, 15) is 0 Å². The van der Waals surface area contributed by atoms with Gasteiger partial charge < -0.3 is 9.32 Å². The molecule has 0 radical (unpaired) electrons. The number of fused-ring (bicyclic) bond motifs is 8. The molecule has 0 amide bonds. The topological polar surface area (TPSA) is 16.4 Å². The third kappa shape index (κ3) is 4.65. The van der Waals surface area contributed by atoms with Crippen LogP contribution in [0, 0.1) is 0 Å². The second-order valence-corrected chi connectivity index (χ2v) is 12.9. The van der Waals surface area contributed by atoms with Crippen molar-refractivity contribution < 1.29 is 4.42 Å². The minimum Gasteiger partial charge on any atom is -0.456 e. The normalized spacial score (nSPS) is 11.6. The Morgan fingerprint density at radius 3 is 1.84 bits per heavy atom. The van der Waals surface area contributed by atoms with E-state index in [1.165, 1.54) is 54.6 Å². The molecule has 9 aromatic carbocycles. The second-order valence-electron chi connectivity index (χ2n) is 12.9. The van der Waals surface area contributed by atoms with Crippen LogP contribution in [0.25, 0.3) is 76.5 Å². The molecule has 1 heterocycles. The molecule has 0 spiro atoms. The van der Waals surface area contributed by atoms with E-state index in [-0.39, 0.29) is 0 Å². The maximum Gasteiger partial charge on any atom is 0.136 e. The molecule has 234 valence electrons. The highest BCUT2D eigenvalue weighted by Gasteiger charge is 2.17. The minimum absolute atomic E-state index is 0.913. The van der Waals surface area contributed by atoms with Crippen molar-refractivity contribution in [2.24, 2.45) is 0 Å². The van der Waals surface area contributed by atoms with Gasteiger partial charge in [-0.05, 0) is 109 Å². The fourth-order valence-corrected chi connectivity index (χ4v) is 7.67. The Balaban J connectivity index is 1.14. The molecule has 0 fully saturated rings. The number of furan rings is 1. The molecule has 10 aromatic rings. The smallest absolute Gasteiger partial charge is 0.136 e. The van der Waals surface area contributed by atoms with E-state index in [1.54, 1.807) is 0 Å². The highest BCUT2D eigenvalue weighted by atomic mass is 16.3. The minimum atomic E-state index is 0.913. The first kappa shape index (κ1) is 28.4. The Morgan fingerprint density at radius 1 is 0.320 bits per heavy atom. The molecule has 2 nitrogen and oxygen atoms in total. The molecule has 0 saturated heterocycles. The molecule has 0 aliphatic rings. The van der Waals surface area contributed by atoms with Crippen LogP contribution in [0.5, 0.6) is 0 Å². The van der Waals surface area contributed by atoms with E-state index in [0.29, 0.717) is 0 Å². The molecule has 0 unspecified atom stereocenters. The molecule has 10 rings (SSSR count). The lowest BCUT2D eigenvalue weighted by Gasteiger charge is -2.27. The van der Waals surface area contributed by atoms with Gasteiger partial charge in [-0.15, -0.1) is 0 Å². The van der Waals surface area contributed by atoms with E-state index < -0.39 is 0 Å². The number of anilines is 3. The second kappa shape index (κ2) is 11.5. The predicted octanol–water partition coefficient (Wildman–Crippen LogP) is 13.8. The summed E-state index contributed by atoms with van der Waals surface area (Å²) >= 11 is 0. The molecule has 0 aliphatic heterocycles. The zero-order valence-electron chi connectivity index (χ0n) is 27.3. The molecule has 0 aliphatic carbocycles. The predicted molar refractivity (Wildman–Crippen MR) is 212 cm³/mol. The largest absolute Gasteiger partial charge is 0.456 e. The van der Waals surface area contributed by atoms with Crippen molar-refractivity contribution in [3.05, 3.63) is 188 Å². The molecule has 0 saturated carbocycles. The molecule has 0 bridgehead atoms. The third-order valence-electron chi connectivity index (χ3n) is 10.0. The maximum absolute atomic E-state index is 6.22. The summed E-state index contributed by atoms with van der Waals surface area (Å²) in [6.45, 7) is 0. The van der Waals surface area contributed by atoms with Crippen molar-refractivity contribution in [2.45, 2.75) is 0 Å². The third-order valence-corrected chi connectivity index (χ3v) is 10.0. The SMILES string of the molecule is c1ccc(-c2cccc(N(c3ccc(-c4cc5ccccc5c5ccccc45)cc3)c3ccc4c(ccc5oc6ccccc6c54)c3)c2)cc1. The first-order valence-electron chi connectivity index (χ1n) is 17.1. The van der Waals surface area contributed by atoms with Gasteiger partial charge in [0.25, 0.3) is 0 Å². The van der Waals surface area contributed by atoms with Crippen LogP contribution < -0.4 is 4.90 Å². The van der Waals surface area contributed by atoms with E-state index >= 15 is 0 Å². The van der Waals surface area contributed by atoms with Crippen molar-refractivity contribution in [1.29, 1.82) is 0 Å². The zero-order chi connectivity index (χ0) is 33.0. The quantitative estimate of drug-likeness (QED) is 0.175. The number of hydrogen-bond acceptors (Lipinski definition) is 2. The van der Waals surface area contributed by atoms with Gasteiger partial charge in [-0.2, -0.15) is 0 Å². The number of rotatable bonds is 5. The van der Waals surface area contributed by atoms with Gasteiger partial charge in [0.2, 0.25) is 0 Å². The lowest BCUT2D eigenvalue weighted by Crippen LogP contribution is -2.10. The molecule has 2 heteroatoms. The van der Waals surface area contributed by atoms with Gasteiger partial charge in [-0.3, -0.25) is 0 Å². The van der Waals surface area contributed by atoms with E-state index in [4.69, 9.17) is 4.42 Å². The first-order chi connectivity index (χ1) is 24.8. The van der Waals surface area contributed by atoms with Gasteiger partial charge in [0.15, 0.2) is 0 Å². The number of hydrogen-bond donors (Lipinski definition) is 0. The van der Waals surface area contributed by atoms with Crippen LogP contribution in [0.3, 0.4) is 0 Å². The lowest BCUT2D eigenvalue weighted by atomic mass is 9.93. The van der Waals surface area contributed by atoms with Gasteiger partial charge in [-0.25, -0.2) is 0 Å². The average Bonchev–Trinajstić information content (AvgIpc) is 3.58. The monoisotopic (exact) mass is 637 g/mol. The summed E-state index contributed by atoms with van der Waals surface area (Å²) in [5.74, 6) is 0. The number of nitrogens with zero attached hydrogens (tertiary/aromatic N) is 1. The standard InChI is InChI=1S/C48H31NO/c1-2-11-32(12-3-1)34-14-10-15-38(29-34)49(39-26-27-41-36(30-39)23-28-47-48(41)44-19-8-9-20-46(44)50-47)37-24-21-33(22-25-37)45-31-35-13-4-5-16-40(35)42-17-6-7-18-43(42)45/h1-31H. The Labute approximate surface area is 290 Å². The van der Waals surface area contributed by atoms with Crippen LogP contribution in [-0.4, -0.2) is 0 Å². The summed E-state index contributed by atoms with van der Waals surface area (Å²) in [5, 5.41) is 9.74. The summed E-state index contributed by atoms with van der Waals surface area (Å²) in [5.41, 5.74) is 9.93. The van der Waals surface area contributed by atoms with Crippen LogP contribution in [0.1, 0.15) is 0 Å². The molecule has 1 aromatic heterocycles. The Bertz CT molecular complexity index is 2870. The van der Waals surface area contributed by atoms with E-state index in [2.05, 4.69) is 181 Å². The Morgan fingerprint density at radius 2 is 0.980 bits per heavy atom. The molecular weight excluding hydrogens is 607 g/mol. The van der Waals surface area contributed by atoms with Crippen LogP contribution >= 0.6 is 0 Å². The van der Waals surface area contributed by atoms with Crippen LogP contribution in [-0.2, 0) is 0 Å². The maximum atomic E-state index is 6.22. The number of para-hydroxylation sites is 1. The lowest BCUT2D eigenvalue weighted by molar-refractivity contribution is 0.669. The van der Waals surface area contributed by atoms with Gasteiger partial charge >= 0.3 is 0 Å². The van der Waals surface area contributed by atoms with E-state index in [0.717, 1.165) is 39.0 Å². The highest BCUT2D eigenvalue weighted by molar-refractivity contribution is 6.19. The Hall–Kier alpha value is -6.64. The zero-order valence-corrected chi connectivity index (χ0v) is 27.3. The fourth-order valence-electron chi connectivity index (χ4n) is 7.67. The Kier molecular flexibility index (Phi) is 6.53. The summed E-state index contributed by atoms with van der Waals surface area (Å²) in [6, 6.07) is 67.6. The van der Waals surface area contributed by atoms with Crippen molar-refractivity contribution in [1.82, 2.24) is 0 Å². The van der Waals surface area contributed by atoms with Crippen LogP contribution in [0.2, 0.25) is 0 Å². The number of benzene rings is 9. The van der Waals surface area contributed by atoms with Crippen molar-refractivity contribution >= 4 is 71.3 Å². The van der Waals surface area contributed by atoms with Gasteiger partial charge in [0.05, 0.1) is 0 Å². The van der Waals surface area contributed by atoms with Crippen molar-refractivity contribution in [2.75, 3.05) is 4.90 Å². The molecule has 0 N–H and O–H groups in total. The summed E-state index contributed by atoms with van der Waals surface area (Å²) in [4.78, 5) is 2.37. The molecule has 0 atom stereocenters. The van der Waals surface area contributed by atoms with Crippen molar-refractivity contribution in [3.8, 4) is 22.3 Å².